The molecule has 0 spiro atoms. The second-order valence-corrected chi connectivity index (χ2v) is 4.54. The van der Waals surface area contributed by atoms with E-state index in [0.717, 1.165) is 11.8 Å². The number of nitrogens with one attached hydrogen (secondary N) is 1. The van der Waals surface area contributed by atoms with Crippen molar-refractivity contribution in [2.24, 2.45) is 5.73 Å². The molecule has 0 aromatic heterocycles. The van der Waals surface area contributed by atoms with Crippen LogP contribution in [0.5, 0.6) is 0 Å². The van der Waals surface area contributed by atoms with Gasteiger partial charge >= 0.3 is 5.97 Å². The molecule has 2 atom stereocenters. The molecule has 0 saturated heterocycles. The number of hydrogen-bond donors (Lipinski definition) is 5. The molecular formula is C8H16N2O4S2. The van der Waals surface area contributed by atoms with Crippen molar-refractivity contribution in [3.05, 3.63) is 0 Å². The summed E-state index contributed by atoms with van der Waals surface area (Å²) in [5.41, 5.74) is 5.39. The normalized spacial score (nSPS) is 14.2. The van der Waals surface area contributed by atoms with Gasteiger partial charge in [0.25, 0.3) is 0 Å². The third-order valence-corrected chi connectivity index (χ3v) is 3.19. The zero-order valence-corrected chi connectivity index (χ0v) is 10.3. The Morgan fingerprint density at radius 1 is 1.50 bits per heavy atom. The maximum absolute atomic E-state index is 11.3. The van der Waals surface area contributed by atoms with Crippen molar-refractivity contribution in [3.63, 3.8) is 0 Å². The minimum atomic E-state index is -1.14. The van der Waals surface area contributed by atoms with Crippen LogP contribution in [0.2, 0.25) is 0 Å². The summed E-state index contributed by atoms with van der Waals surface area (Å²) in [6, 6.07) is -0.816. The molecule has 0 heterocycles. The number of carbonyl (C=O) groups is 2. The minimum Gasteiger partial charge on any atom is -0.479 e. The van der Waals surface area contributed by atoms with Gasteiger partial charge in [0.2, 0.25) is 5.91 Å². The number of carboxylic acid groups (broad SMARTS) is 1. The van der Waals surface area contributed by atoms with E-state index in [1.807, 2.05) is 0 Å². The van der Waals surface area contributed by atoms with Crippen LogP contribution in [-0.4, -0.2) is 51.6 Å². The van der Waals surface area contributed by atoms with E-state index >= 15 is 0 Å². The van der Waals surface area contributed by atoms with Gasteiger partial charge in [0.05, 0.1) is 6.04 Å². The highest BCUT2D eigenvalue weighted by atomic mass is 32.2. The molecule has 0 bridgehead atoms. The van der Waals surface area contributed by atoms with Gasteiger partial charge in [-0.3, -0.25) is 4.79 Å². The van der Waals surface area contributed by atoms with Crippen LogP contribution in [0, 0.1) is 0 Å². The molecule has 0 saturated carbocycles. The number of carbonyl (C=O) groups excluding carboxylic acids is 1. The summed E-state index contributed by atoms with van der Waals surface area (Å²) >= 11 is 4.88. The third kappa shape index (κ3) is 6.21. The molecule has 0 aromatic rings. The molecule has 0 aromatic carbocycles. The fraction of sp³-hybridized carbons (Fsp3) is 0.750. The van der Waals surface area contributed by atoms with E-state index in [4.69, 9.17) is 15.9 Å². The summed E-state index contributed by atoms with van der Waals surface area (Å²) < 4.78 is 0. The van der Waals surface area contributed by atoms with Gasteiger partial charge in [-0.25, -0.2) is 4.79 Å². The van der Waals surface area contributed by atoms with Gasteiger partial charge in [-0.05, 0) is 12.2 Å². The molecule has 0 fully saturated rings. The molecule has 8 heteroatoms. The predicted molar refractivity (Wildman–Crippen MR) is 65.6 cm³/mol. The lowest BCUT2D eigenvalue weighted by Gasteiger charge is -2.16. The van der Waals surface area contributed by atoms with Crippen LogP contribution in [-0.2, 0) is 9.59 Å². The number of aliphatic carboxylic acids is 1. The van der Waals surface area contributed by atoms with Crippen molar-refractivity contribution in [2.45, 2.75) is 17.8 Å². The average Bonchev–Trinajstić information content (AvgIpc) is 2.26. The molecule has 1 amide bonds. The summed E-state index contributed by atoms with van der Waals surface area (Å²) in [6.07, 6.45) is 0.475. The van der Waals surface area contributed by atoms with Crippen molar-refractivity contribution in [2.75, 3.05) is 18.1 Å². The summed E-state index contributed by atoms with van der Waals surface area (Å²) in [5.74, 6) is -1.08. The second-order valence-electron chi connectivity index (χ2n) is 2.96. The summed E-state index contributed by atoms with van der Waals surface area (Å²) in [6.45, 7) is -0.0105. The molecule has 6 nitrogen and oxygen atoms in total. The Morgan fingerprint density at radius 2 is 2.12 bits per heavy atom. The SMILES string of the molecule is N[C@@H](CS)C(=O)N[C@H](SCCCO)C(=O)O. The number of carboxylic acids is 1. The van der Waals surface area contributed by atoms with E-state index < -0.39 is 23.3 Å². The van der Waals surface area contributed by atoms with E-state index in [0.29, 0.717) is 12.2 Å². The molecule has 5 N–H and O–H groups in total. The lowest BCUT2D eigenvalue weighted by molar-refractivity contribution is -0.139. The third-order valence-electron chi connectivity index (χ3n) is 1.62. The van der Waals surface area contributed by atoms with Crippen molar-refractivity contribution >= 4 is 36.3 Å². The Balaban J connectivity index is 4.12. The highest BCUT2D eigenvalue weighted by Gasteiger charge is 2.22. The summed E-state index contributed by atoms with van der Waals surface area (Å²) in [4.78, 5) is 22.1. The van der Waals surface area contributed by atoms with E-state index in [1.54, 1.807) is 0 Å². The number of aliphatic hydroxyl groups is 1. The molecule has 0 rings (SSSR count). The number of aliphatic hydroxyl groups excluding tert-OH is 1. The van der Waals surface area contributed by atoms with Crippen LogP contribution in [0.1, 0.15) is 6.42 Å². The zero-order chi connectivity index (χ0) is 12.6. The van der Waals surface area contributed by atoms with Crippen molar-refractivity contribution in [3.8, 4) is 0 Å². The van der Waals surface area contributed by atoms with Gasteiger partial charge < -0.3 is 21.3 Å². The Bertz CT molecular complexity index is 240. The van der Waals surface area contributed by atoms with Crippen LogP contribution in [0.25, 0.3) is 0 Å². The molecular weight excluding hydrogens is 252 g/mol. The van der Waals surface area contributed by atoms with Gasteiger partial charge in [0.15, 0.2) is 5.37 Å². The summed E-state index contributed by atoms with van der Waals surface area (Å²) in [5, 5.41) is 18.6. The van der Waals surface area contributed by atoms with Crippen molar-refractivity contribution in [1.82, 2.24) is 5.32 Å². The lowest BCUT2D eigenvalue weighted by atomic mass is 10.3. The first-order valence-electron chi connectivity index (χ1n) is 4.65. The Hall–Kier alpha value is -0.440. The van der Waals surface area contributed by atoms with E-state index in [2.05, 4.69) is 17.9 Å². The number of nitrogens with two attached hydrogens (primary N) is 1. The topological polar surface area (TPSA) is 113 Å². The minimum absolute atomic E-state index is 0.0105. The molecule has 16 heavy (non-hydrogen) atoms. The fourth-order valence-corrected chi connectivity index (χ4v) is 1.80. The highest BCUT2D eigenvalue weighted by molar-refractivity contribution is 8.00. The number of amides is 1. The van der Waals surface area contributed by atoms with Gasteiger partial charge in [0.1, 0.15) is 0 Å². The van der Waals surface area contributed by atoms with E-state index in [9.17, 15) is 9.59 Å². The standard InChI is InChI=1S/C8H16N2O4S2/c9-5(4-15)6(12)10-7(8(13)14)16-3-1-2-11/h5,7,11,15H,1-4,9H2,(H,10,12)(H,13,14)/t5-,7+/m0/s1. The number of thiol groups is 1. The quantitative estimate of drug-likeness (QED) is 0.217. The van der Waals surface area contributed by atoms with Crippen LogP contribution < -0.4 is 11.1 Å². The average molecular weight is 268 g/mol. The summed E-state index contributed by atoms with van der Waals surface area (Å²) in [7, 11) is 0. The predicted octanol–water partition coefficient (Wildman–Crippen LogP) is -1.11. The van der Waals surface area contributed by atoms with Crippen molar-refractivity contribution in [1.29, 1.82) is 0 Å². The zero-order valence-electron chi connectivity index (χ0n) is 8.63. The smallest absolute Gasteiger partial charge is 0.336 e. The van der Waals surface area contributed by atoms with Crippen LogP contribution in [0.3, 0.4) is 0 Å². The second kappa shape index (κ2) is 8.68. The fourth-order valence-electron chi connectivity index (χ4n) is 0.760. The number of thioether (sulfide) groups is 1. The largest absolute Gasteiger partial charge is 0.479 e. The van der Waals surface area contributed by atoms with Gasteiger partial charge in [-0.15, -0.1) is 11.8 Å². The maximum atomic E-state index is 11.3. The first-order valence-corrected chi connectivity index (χ1v) is 6.33. The lowest BCUT2D eigenvalue weighted by Crippen LogP contribution is -2.48. The molecule has 0 radical (unpaired) electrons. The van der Waals surface area contributed by atoms with E-state index in [-0.39, 0.29) is 12.4 Å². The first kappa shape index (κ1) is 15.6. The van der Waals surface area contributed by atoms with E-state index in [1.165, 1.54) is 0 Å². The van der Waals surface area contributed by atoms with Crippen molar-refractivity contribution < 1.29 is 19.8 Å². The maximum Gasteiger partial charge on any atom is 0.336 e. The Labute approximate surface area is 103 Å². The van der Waals surface area contributed by atoms with Crippen LogP contribution in [0.4, 0.5) is 0 Å². The number of rotatable bonds is 8. The molecule has 0 aliphatic rings. The molecule has 0 unspecified atom stereocenters. The van der Waals surface area contributed by atoms with Gasteiger partial charge in [0, 0.05) is 12.4 Å². The Morgan fingerprint density at radius 3 is 2.56 bits per heavy atom. The monoisotopic (exact) mass is 268 g/mol. The van der Waals surface area contributed by atoms with Gasteiger partial charge in [-0.2, -0.15) is 12.6 Å². The molecule has 0 aliphatic heterocycles. The molecule has 94 valence electrons. The molecule has 0 aliphatic carbocycles. The van der Waals surface area contributed by atoms with Gasteiger partial charge in [-0.1, -0.05) is 0 Å². The number of hydrogen-bond acceptors (Lipinski definition) is 6. The highest BCUT2D eigenvalue weighted by Crippen LogP contribution is 2.10. The first-order chi connectivity index (χ1) is 7.52. The van der Waals surface area contributed by atoms with Crippen LogP contribution in [0.15, 0.2) is 0 Å². The van der Waals surface area contributed by atoms with Crippen LogP contribution >= 0.6 is 24.4 Å². The Kier molecular flexibility index (Phi) is 8.44.